The monoisotopic (exact) mass is 403 g/mol. The number of halogens is 3. The highest BCUT2D eigenvalue weighted by molar-refractivity contribution is 7.89. The van der Waals surface area contributed by atoms with E-state index in [1.165, 1.54) is 10.6 Å². The van der Waals surface area contributed by atoms with Gasteiger partial charge in [-0.15, -0.1) is 13.2 Å². The van der Waals surface area contributed by atoms with Gasteiger partial charge in [0, 0.05) is 25.4 Å². The topological polar surface area (TPSA) is 81.6 Å². The summed E-state index contributed by atoms with van der Waals surface area (Å²) >= 11 is 0. The van der Waals surface area contributed by atoms with Gasteiger partial charge in [0.2, 0.25) is 15.9 Å². The SMILES string of the molecule is O=S(=O)(c1ccc(OC(F)(F)F)cc1)N1CCC(Oc2ccncn2)CC1. The molecule has 0 saturated carbocycles. The molecule has 0 radical (unpaired) electrons. The molecule has 27 heavy (non-hydrogen) atoms. The minimum absolute atomic E-state index is 0.0906. The third kappa shape index (κ3) is 5.07. The molecule has 0 N–H and O–H groups in total. The molecule has 0 bridgehead atoms. The Morgan fingerprint density at radius 2 is 1.74 bits per heavy atom. The molecule has 146 valence electrons. The van der Waals surface area contributed by atoms with Crippen molar-refractivity contribution >= 4 is 10.0 Å². The van der Waals surface area contributed by atoms with Crippen molar-refractivity contribution < 1.29 is 31.1 Å². The first-order chi connectivity index (χ1) is 12.7. The van der Waals surface area contributed by atoms with Crippen LogP contribution in [0, 0.1) is 0 Å². The van der Waals surface area contributed by atoms with Gasteiger partial charge in [-0.1, -0.05) is 0 Å². The van der Waals surface area contributed by atoms with Crippen molar-refractivity contribution in [2.45, 2.75) is 30.2 Å². The van der Waals surface area contributed by atoms with E-state index >= 15 is 0 Å². The summed E-state index contributed by atoms with van der Waals surface area (Å²) in [5.41, 5.74) is 0. The second kappa shape index (κ2) is 7.69. The maximum Gasteiger partial charge on any atom is 0.573 e. The number of alkyl halides is 3. The summed E-state index contributed by atoms with van der Waals surface area (Å²) in [6.45, 7) is 0.470. The molecule has 0 aliphatic carbocycles. The van der Waals surface area contributed by atoms with Crippen LogP contribution in [0.4, 0.5) is 13.2 Å². The van der Waals surface area contributed by atoms with Crippen molar-refractivity contribution in [2.75, 3.05) is 13.1 Å². The molecule has 7 nitrogen and oxygen atoms in total. The normalized spacial score (nSPS) is 16.9. The lowest BCUT2D eigenvalue weighted by atomic mass is 10.1. The quantitative estimate of drug-likeness (QED) is 0.763. The molecule has 1 saturated heterocycles. The smallest absolute Gasteiger partial charge is 0.474 e. The van der Waals surface area contributed by atoms with E-state index in [2.05, 4.69) is 14.7 Å². The largest absolute Gasteiger partial charge is 0.573 e. The maximum atomic E-state index is 12.7. The van der Waals surface area contributed by atoms with E-state index in [1.54, 1.807) is 12.3 Å². The fraction of sp³-hybridized carbons (Fsp3) is 0.375. The number of piperidine rings is 1. The van der Waals surface area contributed by atoms with E-state index in [0.29, 0.717) is 18.7 Å². The van der Waals surface area contributed by atoms with Gasteiger partial charge in [0.1, 0.15) is 18.2 Å². The molecule has 2 heterocycles. The zero-order valence-corrected chi connectivity index (χ0v) is 14.8. The number of aromatic nitrogens is 2. The highest BCUT2D eigenvalue weighted by Gasteiger charge is 2.32. The van der Waals surface area contributed by atoms with Crippen molar-refractivity contribution in [3.8, 4) is 11.6 Å². The number of hydrogen-bond acceptors (Lipinski definition) is 6. The Labute approximate surface area is 153 Å². The Morgan fingerprint density at radius 3 is 2.30 bits per heavy atom. The predicted molar refractivity (Wildman–Crippen MR) is 87.6 cm³/mol. The van der Waals surface area contributed by atoms with Gasteiger partial charge in [-0.2, -0.15) is 4.31 Å². The number of ether oxygens (including phenoxy) is 2. The fourth-order valence-electron chi connectivity index (χ4n) is 2.67. The van der Waals surface area contributed by atoms with Crippen molar-refractivity contribution in [1.82, 2.24) is 14.3 Å². The number of hydrogen-bond donors (Lipinski definition) is 0. The zero-order valence-electron chi connectivity index (χ0n) is 14.0. The third-order valence-electron chi connectivity index (χ3n) is 3.94. The molecule has 11 heteroatoms. The Morgan fingerprint density at radius 1 is 1.07 bits per heavy atom. The second-order valence-corrected chi connectivity index (χ2v) is 7.73. The Bertz CT molecular complexity index is 853. The molecule has 1 aliphatic rings. The lowest BCUT2D eigenvalue weighted by Crippen LogP contribution is -2.41. The minimum atomic E-state index is -4.83. The second-order valence-electron chi connectivity index (χ2n) is 5.79. The summed E-state index contributed by atoms with van der Waals surface area (Å²) in [5, 5.41) is 0. The summed E-state index contributed by atoms with van der Waals surface area (Å²) in [6, 6.07) is 5.77. The van der Waals surface area contributed by atoms with E-state index in [9.17, 15) is 21.6 Å². The fourth-order valence-corrected chi connectivity index (χ4v) is 4.14. The third-order valence-corrected chi connectivity index (χ3v) is 5.85. The molecule has 0 amide bonds. The first kappa shape index (κ1) is 19.4. The molecule has 1 aromatic carbocycles. The van der Waals surface area contributed by atoms with Gasteiger partial charge in [-0.25, -0.2) is 18.4 Å². The number of rotatable bonds is 5. The average Bonchev–Trinajstić information content (AvgIpc) is 2.62. The van der Waals surface area contributed by atoms with Crippen LogP contribution in [-0.4, -0.2) is 48.2 Å². The first-order valence-corrected chi connectivity index (χ1v) is 9.47. The van der Waals surface area contributed by atoms with Crippen molar-refractivity contribution in [3.63, 3.8) is 0 Å². The van der Waals surface area contributed by atoms with Crippen LogP contribution in [0.3, 0.4) is 0 Å². The molecule has 1 aromatic heterocycles. The van der Waals surface area contributed by atoms with Gasteiger partial charge in [0.25, 0.3) is 0 Å². The van der Waals surface area contributed by atoms with Crippen LogP contribution in [0.2, 0.25) is 0 Å². The molecule has 2 aromatic rings. The molecular weight excluding hydrogens is 387 g/mol. The van der Waals surface area contributed by atoms with Crippen LogP contribution in [-0.2, 0) is 10.0 Å². The van der Waals surface area contributed by atoms with Crippen molar-refractivity contribution in [2.24, 2.45) is 0 Å². The molecule has 0 spiro atoms. The number of sulfonamides is 1. The van der Waals surface area contributed by atoms with Crippen LogP contribution < -0.4 is 9.47 Å². The van der Waals surface area contributed by atoms with Crippen LogP contribution in [0.25, 0.3) is 0 Å². The molecular formula is C16H16F3N3O4S. The average molecular weight is 403 g/mol. The molecule has 0 atom stereocenters. The van der Waals surface area contributed by atoms with Gasteiger partial charge in [0.15, 0.2) is 0 Å². The molecule has 1 fully saturated rings. The minimum Gasteiger partial charge on any atom is -0.474 e. The number of nitrogens with zero attached hydrogens (tertiary/aromatic N) is 3. The van der Waals surface area contributed by atoms with Gasteiger partial charge >= 0.3 is 6.36 Å². The number of benzene rings is 1. The Hall–Kier alpha value is -2.40. The van der Waals surface area contributed by atoms with E-state index in [4.69, 9.17) is 4.74 Å². The lowest BCUT2D eigenvalue weighted by molar-refractivity contribution is -0.274. The predicted octanol–water partition coefficient (Wildman–Crippen LogP) is 2.61. The first-order valence-electron chi connectivity index (χ1n) is 8.03. The maximum absolute atomic E-state index is 12.7. The Balaban J connectivity index is 1.61. The summed E-state index contributed by atoms with van der Waals surface area (Å²) < 4.78 is 72.6. The van der Waals surface area contributed by atoms with Crippen LogP contribution in [0.5, 0.6) is 11.6 Å². The molecule has 3 rings (SSSR count). The molecule has 1 aliphatic heterocycles. The summed E-state index contributed by atoms with van der Waals surface area (Å²) in [4.78, 5) is 7.67. The van der Waals surface area contributed by atoms with Crippen LogP contribution in [0.1, 0.15) is 12.8 Å². The van der Waals surface area contributed by atoms with E-state index in [0.717, 1.165) is 24.3 Å². The van der Waals surface area contributed by atoms with Crippen molar-refractivity contribution in [1.29, 1.82) is 0 Å². The summed E-state index contributed by atoms with van der Waals surface area (Å²) in [6.07, 6.45) is -1.15. The summed E-state index contributed by atoms with van der Waals surface area (Å²) in [7, 11) is -3.80. The zero-order chi connectivity index (χ0) is 19.5. The van der Waals surface area contributed by atoms with Crippen molar-refractivity contribution in [3.05, 3.63) is 42.9 Å². The van der Waals surface area contributed by atoms with E-state index < -0.39 is 22.1 Å². The van der Waals surface area contributed by atoms with E-state index in [1.807, 2.05) is 0 Å². The standard InChI is InChI=1S/C16H16F3N3O4S/c17-16(18,19)26-13-1-3-14(4-2-13)27(23,24)22-9-6-12(7-10-22)25-15-5-8-20-11-21-15/h1-5,8,11-12H,6-7,9-10H2. The van der Waals surface area contributed by atoms with E-state index in [-0.39, 0.29) is 24.1 Å². The van der Waals surface area contributed by atoms with Gasteiger partial charge < -0.3 is 9.47 Å². The molecule has 0 unspecified atom stereocenters. The highest BCUT2D eigenvalue weighted by atomic mass is 32.2. The van der Waals surface area contributed by atoms with Gasteiger partial charge in [0.05, 0.1) is 4.90 Å². The van der Waals surface area contributed by atoms with Gasteiger partial charge in [-0.05, 0) is 37.1 Å². The van der Waals surface area contributed by atoms with Crippen LogP contribution in [0.15, 0.2) is 47.8 Å². The van der Waals surface area contributed by atoms with Gasteiger partial charge in [-0.3, -0.25) is 0 Å². The lowest BCUT2D eigenvalue weighted by Gasteiger charge is -2.31. The Kier molecular flexibility index (Phi) is 5.51. The van der Waals surface area contributed by atoms with Crippen LogP contribution >= 0.6 is 0 Å². The summed E-state index contributed by atoms with van der Waals surface area (Å²) in [5.74, 6) is -0.0510. The highest BCUT2D eigenvalue weighted by Crippen LogP contribution is 2.27.